The van der Waals surface area contributed by atoms with Gasteiger partial charge < -0.3 is 25.7 Å². The van der Waals surface area contributed by atoms with E-state index in [1.807, 2.05) is 0 Å². The number of nitrogens with two attached hydrogens (primary N) is 1. The van der Waals surface area contributed by atoms with Gasteiger partial charge in [-0.3, -0.25) is 4.79 Å². The Kier molecular flexibility index (Phi) is 6.33. The smallest absolute Gasteiger partial charge is 0.323 e. The number of ether oxygens (including phenoxy) is 1. The number of phenols is 1. The highest BCUT2D eigenvalue weighted by Crippen LogP contribution is 2.12. The molecule has 0 radical (unpaired) electrons. The van der Waals surface area contributed by atoms with Gasteiger partial charge >= 0.3 is 5.97 Å². The van der Waals surface area contributed by atoms with Crippen molar-refractivity contribution < 1.29 is 19.4 Å². The van der Waals surface area contributed by atoms with Crippen molar-refractivity contribution in [3.8, 4) is 5.75 Å². The van der Waals surface area contributed by atoms with Crippen LogP contribution in [0.5, 0.6) is 5.75 Å². The van der Waals surface area contributed by atoms with Gasteiger partial charge in [0.05, 0.1) is 12.1 Å². The lowest BCUT2D eigenvalue weighted by atomic mass is 10.0. The SMILES string of the molecule is CCOC(=O)[C@H](Cc1ccc(O)cc1)NCC(C)(N)C=O. The highest BCUT2D eigenvalue weighted by molar-refractivity contribution is 5.76. The lowest BCUT2D eigenvalue weighted by molar-refractivity contribution is -0.145. The van der Waals surface area contributed by atoms with Crippen LogP contribution in [0.15, 0.2) is 24.3 Å². The number of aldehydes is 1. The second kappa shape index (κ2) is 7.75. The van der Waals surface area contributed by atoms with Gasteiger partial charge in [0.25, 0.3) is 0 Å². The number of rotatable bonds is 8. The zero-order valence-corrected chi connectivity index (χ0v) is 12.3. The summed E-state index contributed by atoms with van der Waals surface area (Å²) in [5.74, 6) is -0.234. The van der Waals surface area contributed by atoms with E-state index in [2.05, 4.69) is 5.32 Å². The van der Waals surface area contributed by atoms with Crippen molar-refractivity contribution in [1.82, 2.24) is 5.32 Å². The number of hydrogen-bond acceptors (Lipinski definition) is 6. The van der Waals surface area contributed by atoms with E-state index in [9.17, 15) is 14.7 Å². The van der Waals surface area contributed by atoms with Gasteiger partial charge in [0.2, 0.25) is 0 Å². The Labute approximate surface area is 124 Å². The average Bonchev–Trinajstić information content (AvgIpc) is 2.45. The monoisotopic (exact) mass is 294 g/mol. The largest absolute Gasteiger partial charge is 0.508 e. The average molecular weight is 294 g/mol. The van der Waals surface area contributed by atoms with Gasteiger partial charge in [-0.1, -0.05) is 12.1 Å². The van der Waals surface area contributed by atoms with Crippen molar-refractivity contribution in [3.05, 3.63) is 29.8 Å². The molecule has 0 aliphatic carbocycles. The molecule has 0 aliphatic heterocycles. The normalized spacial score (nSPS) is 15.0. The van der Waals surface area contributed by atoms with E-state index in [1.165, 1.54) is 0 Å². The van der Waals surface area contributed by atoms with Crippen LogP contribution in [0.4, 0.5) is 0 Å². The van der Waals surface area contributed by atoms with E-state index < -0.39 is 17.6 Å². The molecule has 1 unspecified atom stereocenters. The summed E-state index contributed by atoms with van der Waals surface area (Å²) < 4.78 is 5.02. The van der Waals surface area contributed by atoms with Gasteiger partial charge in [-0.05, 0) is 38.0 Å². The quantitative estimate of drug-likeness (QED) is 0.473. The molecule has 1 aromatic carbocycles. The number of phenolic OH excluding ortho intramolecular Hbond substituents is 1. The molecule has 6 nitrogen and oxygen atoms in total. The lowest BCUT2D eigenvalue weighted by Gasteiger charge is -2.23. The van der Waals surface area contributed by atoms with Crippen molar-refractivity contribution >= 4 is 12.3 Å². The van der Waals surface area contributed by atoms with E-state index in [0.29, 0.717) is 12.7 Å². The third-order valence-corrected chi connectivity index (χ3v) is 2.95. The van der Waals surface area contributed by atoms with Crippen LogP contribution in [-0.2, 0) is 20.7 Å². The van der Waals surface area contributed by atoms with Crippen LogP contribution in [0.1, 0.15) is 19.4 Å². The van der Waals surface area contributed by atoms with E-state index in [4.69, 9.17) is 10.5 Å². The second-order valence-corrected chi connectivity index (χ2v) is 5.18. The third-order valence-electron chi connectivity index (χ3n) is 2.95. The highest BCUT2D eigenvalue weighted by Gasteiger charge is 2.24. The van der Waals surface area contributed by atoms with Gasteiger partial charge in [0.15, 0.2) is 0 Å². The summed E-state index contributed by atoms with van der Waals surface area (Å²) in [6.07, 6.45) is 1.02. The molecule has 116 valence electrons. The summed E-state index contributed by atoms with van der Waals surface area (Å²) in [6, 6.07) is 5.96. The molecule has 0 saturated heterocycles. The molecule has 0 heterocycles. The minimum Gasteiger partial charge on any atom is -0.508 e. The Hall–Kier alpha value is -1.92. The molecule has 1 rings (SSSR count). The van der Waals surface area contributed by atoms with Crippen LogP contribution in [0, 0.1) is 0 Å². The fourth-order valence-electron chi connectivity index (χ4n) is 1.73. The summed E-state index contributed by atoms with van der Waals surface area (Å²) in [6.45, 7) is 3.75. The fraction of sp³-hybridized carbons (Fsp3) is 0.467. The molecule has 6 heteroatoms. The first-order valence-electron chi connectivity index (χ1n) is 6.81. The third kappa shape index (κ3) is 5.93. The predicted molar refractivity (Wildman–Crippen MR) is 78.9 cm³/mol. The molecule has 2 atom stereocenters. The van der Waals surface area contributed by atoms with Gasteiger partial charge in [-0.15, -0.1) is 0 Å². The van der Waals surface area contributed by atoms with E-state index in [0.717, 1.165) is 5.56 Å². The Bertz CT molecular complexity index is 471. The number of nitrogens with one attached hydrogen (secondary N) is 1. The molecule has 4 N–H and O–H groups in total. The van der Waals surface area contributed by atoms with E-state index >= 15 is 0 Å². The van der Waals surface area contributed by atoms with Gasteiger partial charge in [-0.25, -0.2) is 0 Å². The van der Waals surface area contributed by atoms with E-state index in [1.54, 1.807) is 38.1 Å². The van der Waals surface area contributed by atoms with Gasteiger partial charge in [0.1, 0.15) is 18.1 Å². The summed E-state index contributed by atoms with van der Waals surface area (Å²) in [5.41, 5.74) is 5.56. The Balaban J connectivity index is 2.74. The Morgan fingerprint density at radius 1 is 1.48 bits per heavy atom. The topological polar surface area (TPSA) is 102 Å². The minimum absolute atomic E-state index is 0.162. The van der Waals surface area contributed by atoms with Crippen LogP contribution in [-0.4, -0.2) is 42.1 Å². The van der Waals surface area contributed by atoms with Gasteiger partial charge in [0, 0.05) is 6.54 Å². The van der Waals surface area contributed by atoms with Gasteiger partial charge in [-0.2, -0.15) is 0 Å². The molecule has 0 fully saturated rings. The van der Waals surface area contributed by atoms with Crippen LogP contribution in [0.2, 0.25) is 0 Å². The molecule has 0 saturated carbocycles. The highest BCUT2D eigenvalue weighted by atomic mass is 16.5. The standard InChI is InChI=1S/C15H22N2O4/c1-3-21-14(20)13(17-9-15(2,16)10-18)8-11-4-6-12(19)7-5-11/h4-7,10,13,17,19H,3,8-9,16H2,1-2H3/t13-,15?/m0/s1. The maximum absolute atomic E-state index is 12.0. The summed E-state index contributed by atoms with van der Waals surface area (Å²) in [7, 11) is 0. The fourth-order valence-corrected chi connectivity index (χ4v) is 1.73. The summed E-state index contributed by atoms with van der Waals surface area (Å²) >= 11 is 0. The summed E-state index contributed by atoms with van der Waals surface area (Å²) in [5, 5.41) is 12.2. The zero-order chi connectivity index (χ0) is 15.9. The minimum atomic E-state index is -1.04. The Morgan fingerprint density at radius 3 is 2.62 bits per heavy atom. The van der Waals surface area contributed by atoms with Crippen molar-refractivity contribution in [1.29, 1.82) is 0 Å². The van der Waals surface area contributed by atoms with Crippen molar-refractivity contribution in [3.63, 3.8) is 0 Å². The molecular formula is C15H22N2O4. The van der Waals surface area contributed by atoms with Crippen molar-refractivity contribution in [2.45, 2.75) is 31.8 Å². The first-order valence-corrected chi connectivity index (χ1v) is 6.81. The lowest BCUT2D eigenvalue weighted by Crippen LogP contribution is -2.52. The van der Waals surface area contributed by atoms with Crippen LogP contribution >= 0.6 is 0 Å². The molecule has 0 bridgehead atoms. The number of esters is 1. The van der Waals surface area contributed by atoms with Crippen LogP contribution in [0.3, 0.4) is 0 Å². The van der Waals surface area contributed by atoms with Crippen LogP contribution in [0.25, 0.3) is 0 Å². The molecule has 0 aliphatic rings. The maximum Gasteiger partial charge on any atom is 0.323 e. The number of carbonyl (C=O) groups is 2. The van der Waals surface area contributed by atoms with E-state index in [-0.39, 0.29) is 18.9 Å². The molecule has 21 heavy (non-hydrogen) atoms. The van der Waals surface area contributed by atoms with Crippen molar-refractivity contribution in [2.24, 2.45) is 5.73 Å². The predicted octanol–water partition coefficient (Wildman–Crippen LogP) is 0.372. The number of benzene rings is 1. The molecule has 1 aromatic rings. The number of hydrogen-bond donors (Lipinski definition) is 3. The molecule has 0 spiro atoms. The van der Waals surface area contributed by atoms with Crippen molar-refractivity contribution in [2.75, 3.05) is 13.2 Å². The summed E-state index contributed by atoms with van der Waals surface area (Å²) in [4.78, 5) is 22.8. The molecule has 0 aromatic heterocycles. The zero-order valence-electron chi connectivity index (χ0n) is 12.3. The maximum atomic E-state index is 12.0. The Morgan fingerprint density at radius 2 is 2.10 bits per heavy atom. The molecule has 0 amide bonds. The number of aromatic hydroxyl groups is 1. The first-order chi connectivity index (χ1) is 9.88. The van der Waals surface area contributed by atoms with Crippen LogP contribution < -0.4 is 11.1 Å². The second-order valence-electron chi connectivity index (χ2n) is 5.18. The first kappa shape index (κ1) is 17.1. The number of carbonyl (C=O) groups excluding carboxylic acids is 2. The molecular weight excluding hydrogens is 272 g/mol.